The fourth-order valence-corrected chi connectivity index (χ4v) is 5.15. The molecule has 0 heterocycles. The molecule has 1 saturated carbocycles. The summed E-state index contributed by atoms with van der Waals surface area (Å²) in [6, 6.07) is 15.8. The van der Waals surface area contributed by atoms with Crippen molar-refractivity contribution < 1.29 is 24.2 Å². The molecule has 0 aromatic heterocycles. The van der Waals surface area contributed by atoms with E-state index in [1.807, 2.05) is 24.3 Å². The monoisotopic (exact) mass is 464 g/mol. The summed E-state index contributed by atoms with van der Waals surface area (Å²) in [4.78, 5) is 36.2. The van der Waals surface area contributed by atoms with E-state index < -0.39 is 24.0 Å². The van der Waals surface area contributed by atoms with Gasteiger partial charge in [0.15, 0.2) is 0 Å². The van der Waals surface area contributed by atoms with E-state index in [2.05, 4.69) is 34.9 Å². The number of benzene rings is 2. The van der Waals surface area contributed by atoms with Gasteiger partial charge in [0.25, 0.3) is 0 Å². The second-order valence-corrected chi connectivity index (χ2v) is 9.45. The van der Waals surface area contributed by atoms with Gasteiger partial charge in [-0.25, -0.2) is 4.79 Å². The molecular formula is C27H32N2O5. The van der Waals surface area contributed by atoms with Crippen LogP contribution in [0.5, 0.6) is 0 Å². The van der Waals surface area contributed by atoms with Gasteiger partial charge in [-0.3, -0.25) is 9.59 Å². The van der Waals surface area contributed by atoms with Crippen LogP contribution in [0, 0.1) is 11.8 Å². The van der Waals surface area contributed by atoms with Crippen LogP contribution in [0.4, 0.5) is 4.79 Å². The van der Waals surface area contributed by atoms with Gasteiger partial charge in [-0.15, -0.1) is 0 Å². The topological polar surface area (TPSA) is 105 Å². The minimum atomic E-state index is -0.941. The van der Waals surface area contributed by atoms with E-state index in [0.29, 0.717) is 0 Å². The van der Waals surface area contributed by atoms with Crippen LogP contribution in [0.25, 0.3) is 11.1 Å². The van der Waals surface area contributed by atoms with Crippen LogP contribution in [-0.4, -0.2) is 41.8 Å². The minimum Gasteiger partial charge on any atom is -0.481 e. The third kappa shape index (κ3) is 5.08. The normalized spacial score (nSPS) is 20.6. The second kappa shape index (κ2) is 10.3. The molecule has 2 aromatic carbocycles. The van der Waals surface area contributed by atoms with Crippen molar-refractivity contribution in [1.82, 2.24) is 10.6 Å². The molecule has 0 bridgehead atoms. The highest BCUT2D eigenvalue weighted by atomic mass is 16.5. The fourth-order valence-electron chi connectivity index (χ4n) is 5.15. The average molecular weight is 465 g/mol. The summed E-state index contributed by atoms with van der Waals surface area (Å²) in [7, 11) is 0. The first-order valence-electron chi connectivity index (χ1n) is 12.0. The fraction of sp³-hybridized carbons (Fsp3) is 0.444. The minimum absolute atomic E-state index is 0.000940. The van der Waals surface area contributed by atoms with E-state index in [1.165, 1.54) is 11.1 Å². The molecule has 2 amide bonds. The van der Waals surface area contributed by atoms with Gasteiger partial charge in [0.2, 0.25) is 5.91 Å². The maximum atomic E-state index is 12.7. The van der Waals surface area contributed by atoms with Gasteiger partial charge >= 0.3 is 12.1 Å². The number of hydrogen-bond acceptors (Lipinski definition) is 4. The standard InChI is InChI=1S/C27H32N2O5/c1-16(26(31)32)17(2)28-25(30)14-18-8-7-13-24(18)29-27(33)34-15-23-21-11-5-3-9-19(21)20-10-4-6-12-22(20)23/h3-6,9-12,16-18,23-24H,7-8,13-15H2,1-2H3,(H,28,30)(H,29,33)(H,31,32). The molecule has 4 atom stereocenters. The van der Waals surface area contributed by atoms with Gasteiger partial charge in [-0.05, 0) is 54.9 Å². The molecule has 0 saturated heterocycles. The van der Waals surface area contributed by atoms with Crippen LogP contribution < -0.4 is 10.6 Å². The Balaban J connectivity index is 1.31. The summed E-state index contributed by atoms with van der Waals surface area (Å²) in [5.74, 6) is -1.79. The summed E-state index contributed by atoms with van der Waals surface area (Å²) in [6.07, 6.45) is 2.35. The Hall–Kier alpha value is -3.35. The number of carbonyl (C=O) groups excluding carboxylic acids is 2. The Bertz CT molecular complexity index is 1020. The van der Waals surface area contributed by atoms with Gasteiger partial charge in [-0.2, -0.15) is 0 Å². The lowest BCUT2D eigenvalue weighted by Crippen LogP contribution is -2.43. The van der Waals surface area contributed by atoms with Crippen LogP contribution in [0.2, 0.25) is 0 Å². The number of ether oxygens (including phenoxy) is 1. The van der Waals surface area contributed by atoms with E-state index in [-0.39, 0.29) is 36.8 Å². The van der Waals surface area contributed by atoms with E-state index in [1.54, 1.807) is 13.8 Å². The Kier molecular flexibility index (Phi) is 7.20. The first kappa shape index (κ1) is 23.8. The van der Waals surface area contributed by atoms with Gasteiger partial charge in [0.1, 0.15) is 6.61 Å². The number of carbonyl (C=O) groups is 3. The summed E-state index contributed by atoms with van der Waals surface area (Å²) in [5, 5.41) is 14.9. The molecule has 7 heteroatoms. The predicted octanol–water partition coefficient (Wildman–Crippen LogP) is 4.31. The zero-order chi connectivity index (χ0) is 24.2. The predicted molar refractivity (Wildman–Crippen MR) is 128 cm³/mol. The molecular weight excluding hydrogens is 432 g/mol. The van der Waals surface area contributed by atoms with E-state index in [0.717, 1.165) is 30.4 Å². The van der Waals surface area contributed by atoms with Crippen LogP contribution in [-0.2, 0) is 14.3 Å². The zero-order valence-electron chi connectivity index (χ0n) is 19.6. The van der Waals surface area contributed by atoms with E-state index >= 15 is 0 Å². The lowest BCUT2D eigenvalue weighted by atomic mass is 9.98. The number of aliphatic carboxylic acids is 1. The Morgan fingerprint density at radius 1 is 1.00 bits per heavy atom. The summed E-state index contributed by atoms with van der Waals surface area (Å²) >= 11 is 0. The molecule has 4 unspecified atom stereocenters. The van der Waals surface area contributed by atoms with Crippen molar-refractivity contribution in [3.8, 4) is 11.1 Å². The molecule has 7 nitrogen and oxygen atoms in total. The van der Waals surface area contributed by atoms with Crippen LogP contribution >= 0.6 is 0 Å². The number of fused-ring (bicyclic) bond motifs is 3. The number of alkyl carbamates (subject to hydrolysis) is 1. The lowest BCUT2D eigenvalue weighted by Gasteiger charge is -2.23. The van der Waals surface area contributed by atoms with Crippen molar-refractivity contribution in [2.45, 2.75) is 57.5 Å². The van der Waals surface area contributed by atoms with E-state index in [9.17, 15) is 14.4 Å². The maximum Gasteiger partial charge on any atom is 0.407 e. The second-order valence-electron chi connectivity index (χ2n) is 9.45. The lowest BCUT2D eigenvalue weighted by molar-refractivity contribution is -0.142. The highest BCUT2D eigenvalue weighted by Crippen LogP contribution is 2.44. The third-order valence-corrected chi connectivity index (χ3v) is 7.28. The molecule has 2 aliphatic carbocycles. The Labute approximate surface area is 199 Å². The molecule has 0 radical (unpaired) electrons. The van der Waals surface area contributed by atoms with Crippen molar-refractivity contribution in [2.24, 2.45) is 11.8 Å². The van der Waals surface area contributed by atoms with Crippen molar-refractivity contribution in [3.05, 3.63) is 59.7 Å². The summed E-state index contributed by atoms with van der Waals surface area (Å²) < 4.78 is 5.66. The zero-order valence-corrected chi connectivity index (χ0v) is 19.6. The highest BCUT2D eigenvalue weighted by Gasteiger charge is 2.33. The van der Waals surface area contributed by atoms with Crippen molar-refractivity contribution in [3.63, 3.8) is 0 Å². The van der Waals surface area contributed by atoms with Crippen molar-refractivity contribution >= 4 is 18.0 Å². The number of amides is 2. The highest BCUT2D eigenvalue weighted by molar-refractivity contribution is 5.79. The summed E-state index contributed by atoms with van der Waals surface area (Å²) in [6.45, 7) is 3.52. The molecule has 2 aliphatic rings. The van der Waals surface area contributed by atoms with E-state index in [4.69, 9.17) is 9.84 Å². The molecule has 0 spiro atoms. The number of carboxylic acid groups (broad SMARTS) is 1. The Morgan fingerprint density at radius 2 is 1.62 bits per heavy atom. The maximum absolute atomic E-state index is 12.7. The van der Waals surface area contributed by atoms with Gasteiger partial charge in [0.05, 0.1) is 5.92 Å². The Morgan fingerprint density at radius 3 is 2.24 bits per heavy atom. The smallest absolute Gasteiger partial charge is 0.407 e. The number of rotatable bonds is 8. The molecule has 4 rings (SSSR count). The number of hydrogen-bond donors (Lipinski definition) is 3. The quantitative estimate of drug-likeness (QED) is 0.540. The van der Waals surface area contributed by atoms with Crippen molar-refractivity contribution in [1.29, 1.82) is 0 Å². The largest absolute Gasteiger partial charge is 0.481 e. The first-order chi connectivity index (χ1) is 16.3. The first-order valence-corrected chi connectivity index (χ1v) is 12.0. The van der Waals surface area contributed by atoms with Gasteiger partial charge < -0.3 is 20.5 Å². The molecule has 180 valence electrons. The van der Waals surface area contributed by atoms with Gasteiger partial charge in [0, 0.05) is 24.4 Å². The molecule has 34 heavy (non-hydrogen) atoms. The van der Waals surface area contributed by atoms with Crippen molar-refractivity contribution in [2.75, 3.05) is 6.61 Å². The average Bonchev–Trinajstić information content (AvgIpc) is 3.38. The molecule has 2 aromatic rings. The van der Waals surface area contributed by atoms with Crippen LogP contribution in [0.3, 0.4) is 0 Å². The number of nitrogens with one attached hydrogen (secondary N) is 2. The molecule has 3 N–H and O–H groups in total. The third-order valence-electron chi connectivity index (χ3n) is 7.28. The molecule has 0 aliphatic heterocycles. The van der Waals surface area contributed by atoms with Gasteiger partial charge in [-0.1, -0.05) is 55.0 Å². The summed E-state index contributed by atoms with van der Waals surface area (Å²) in [5.41, 5.74) is 4.69. The van der Waals surface area contributed by atoms with Crippen LogP contribution in [0.15, 0.2) is 48.5 Å². The SMILES string of the molecule is CC(NC(=O)CC1CCCC1NC(=O)OCC1c2ccccc2-c2ccccc21)C(C)C(=O)O. The van der Waals surface area contributed by atoms with Crippen LogP contribution in [0.1, 0.15) is 56.6 Å². The number of carboxylic acids is 1. The molecule has 1 fully saturated rings.